The number of nitrogens with zero attached hydrogens (tertiary/aromatic N) is 1. The summed E-state index contributed by atoms with van der Waals surface area (Å²) in [5, 5.41) is 9.67. The van der Waals surface area contributed by atoms with Gasteiger partial charge in [-0.25, -0.2) is 8.78 Å². The van der Waals surface area contributed by atoms with E-state index in [2.05, 4.69) is 0 Å². The largest absolute Gasteiger partial charge is 0.390 e. The maximum Gasteiger partial charge on any atom is 0.256 e. The standard InChI is InChI=1S/C17H17F2NO/c18-17(19)16-14(21)11-20(16)15(12-7-3-1-4-8-12)13-9-5-2-6-10-13/h1-10,14-17,21H,11H2/t14-,16+/m0/s1. The van der Waals surface area contributed by atoms with Crippen molar-refractivity contribution < 1.29 is 13.9 Å². The van der Waals surface area contributed by atoms with Crippen molar-refractivity contribution in [2.45, 2.75) is 24.6 Å². The van der Waals surface area contributed by atoms with Crippen molar-refractivity contribution >= 4 is 0 Å². The Balaban J connectivity index is 1.98. The van der Waals surface area contributed by atoms with Crippen molar-refractivity contribution in [2.75, 3.05) is 6.54 Å². The Labute approximate surface area is 122 Å². The Kier molecular flexibility index (Phi) is 3.99. The Morgan fingerprint density at radius 3 is 1.76 bits per heavy atom. The van der Waals surface area contributed by atoms with Crippen LogP contribution in [-0.4, -0.2) is 35.1 Å². The Morgan fingerprint density at radius 1 is 0.905 bits per heavy atom. The van der Waals surface area contributed by atoms with Crippen LogP contribution in [0, 0.1) is 0 Å². The highest BCUT2D eigenvalue weighted by Crippen LogP contribution is 2.37. The number of β-amino-alcohol motifs (C(OH)–C–C–N with tert-alkyl or cyclic N) is 1. The maximum absolute atomic E-state index is 13.2. The molecule has 0 amide bonds. The van der Waals surface area contributed by atoms with E-state index in [-0.39, 0.29) is 12.6 Å². The summed E-state index contributed by atoms with van der Waals surface area (Å²) in [4.78, 5) is 1.68. The van der Waals surface area contributed by atoms with Crippen LogP contribution in [0.5, 0.6) is 0 Å². The minimum absolute atomic E-state index is 0.255. The maximum atomic E-state index is 13.2. The molecule has 1 heterocycles. The molecule has 2 nitrogen and oxygen atoms in total. The lowest BCUT2D eigenvalue weighted by Gasteiger charge is -2.49. The first-order chi connectivity index (χ1) is 10.2. The summed E-state index contributed by atoms with van der Waals surface area (Å²) in [5.41, 5.74) is 1.92. The molecule has 1 fully saturated rings. The first kappa shape index (κ1) is 14.2. The van der Waals surface area contributed by atoms with Crippen LogP contribution in [0.25, 0.3) is 0 Å². The van der Waals surface area contributed by atoms with Gasteiger partial charge in [0.2, 0.25) is 0 Å². The molecule has 4 heteroatoms. The number of halogens is 2. The van der Waals surface area contributed by atoms with Gasteiger partial charge < -0.3 is 5.11 Å². The number of hydrogen-bond acceptors (Lipinski definition) is 2. The van der Waals surface area contributed by atoms with Gasteiger partial charge in [-0.05, 0) is 11.1 Å². The molecule has 0 radical (unpaired) electrons. The highest BCUT2D eigenvalue weighted by molar-refractivity contribution is 5.33. The first-order valence-corrected chi connectivity index (χ1v) is 7.00. The van der Waals surface area contributed by atoms with E-state index in [4.69, 9.17) is 0 Å². The summed E-state index contributed by atoms with van der Waals surface area (Å²) >= 11 is 0. The van der Waals surface area contributed by atoms with E-state index in [1.54, 1.807) is 4.90 Å². The van der Waals surface area contributed by atoms with Crippen molar-refractivity contribution in [3.63, 3.8) is 0 Å². The third kappa shape index (κ3) is 2.69. The zero-order valence-corrected chi connectivity index (χ0v) is 11.4. The number of aliphatic hydroxyl groups is 1. The quantitative estimate of drug-likeness (QED) is 0.935. The molecule has 0 aromatic heterocycles. The molecule has 0 saturated carbocycles. The monoisotopic (exact) mass is 289 g/mol. The van der Waals surface area contributed by atoms with Gasteiger partial charge in [-0.3, -0.25) is 4.90 Å². The molecule has 0 aliphatic carbocycles. The second-order valence-corrected chi connectivity index (χ2v) is 5.31. The third-order valence-corrected chi connectivity index (χ3v) is 4.00. The molecule has 2 aromatic carbocycles. The lowest BCUT2D eigenvalue weighted by molar-refractivity contribution is -0.138. The summed E-state index contributed by atoms with van der Waals surface area (Å²) < 4.78 is 26.3. The van der Waals surface area contributed by atoms with Gasteiger partial charge in [0.15, 0.2) is 0 Å². The number of likely N-dealkylation sites (tertiary alicyclic amines) is 1. The fourth-order valence-electron chi connectivity index (χ4n) is 2.97. The molecule has 21 heavy (non-hydrogen) atoms. The molecule has 1 saturated heterocycles. The molecule has 0 unspecified atom stereocenters. The van der Waals surface area contributed by atoms with Crippen LogP contribution in [0.15, 0.2) is 60.7 Å². The van der Waals surface area contributed by atoms with E-state index >= 15 is 0 Å². The fraction of sp³-hybridized carbons (Fsp3) is 0.294. The zero-order valence-electron chi connectivity index (χ0n) is 11.4. The lowest BCUT2D eigenvalue weighted by atomic mass is 9.89. The highest BCUT2D eigenvalue weighted by Gasteiger charge is 2.47. The average Bonchev–Trinajstić information content (AvgIpc) is 2.48. The minimum Gasteiger partial charge on any atom is -0.390 e. The Hall–Kier alpha value is -1.78. The van der Waals surface area contributed by atoms with Crippen molar-refractivity contribution in [1.82, 2.24) is 4.90 Å². The van der Waals surface area contributed by atoms with Gasteiger partial charge in [0.05, 0.1) is 18.2 Å². The van der Waals surface area contributed by atoms with E-state index in [9.17, 15) is 13.9 Å². The molecule has 0 spiro atoms. The van der Waals surface area contributed by atoms with Gasteiger partial charge in [0.1, 0.15) is 0 Å². The molecular weight excluding hydrogens is 272 g/mol. The summed E-state index contributed by atoms with van der Waals surface area (Å²) in [7, 11) is 0. The van der Waals surface area contributed by atoms with Crippen molar-refractivity contribution in [3.05, 3.63) is 71.8 Å². The SMILES string of the molecule is O[C@H]1CN(C(c2ccccc2)c2ccccc2)[C@H]1C(F)F. The van der Waals surface area contributed by atoms with Gasteiger partial charge in [0.25, 0.3) is 6.43 Å². The van der Waals surface area contributed by atoms with Gasteiger partial charge in [0, 0.05) is 6.54 Å². The van der Waals surface area contributed by atoms with Gasteiger partial charge >= 0.3 is 0 Å². The van der Waals surface area contributed by atoms with Crippen LogP contribution in [0.2, 0.25) is 0 Å². The van der Waals surface area contributed by atoms with E-state index in [1.165, 1.54) is 0 Å². The van der Waals surface area contributed by atoms with Crippen LogP contribution < -0.4 is 0 Å². The Morgan fingerprint density at radius 2 is 1.38 bits per heavy atom. The van der Waals surface area contributed by atoms with Crippen molar-refractivity contribution in [1.29, 1.82) is 0 Å². The van der Waals surface area contributed by atoms with E-state index < -0.39 is 18.6 Å². The third-order valence-electron chi connectivity index (χ3n) is 4.00. The summed E-state index contributed by atoms with van der Waals surface area (Å²) in [5.74, 6) is 0. The topological polar surface area (TPSA) is 23.5 Å². The number of benzene rings is 2. The summed E-state index contributed by atoms with van der Waals surface area (Å²) in [6.07, 6.45) is -3.51. The molecule has 0 bridgehead atoms. The summed E-state index contributed by atoms with van der Waals surface area (Å²) in [6, 6.07) is 17.8. The van der Waals surface area contributed by atoms with E-state index in [1.807, 2.05) is 60.7 Å². The zero-order chi connectivity index (χ0) is 14.8. The molecular formula is C17H17F2NO. The van der Waals surface area contributed by atoms with Crippen LogP contribution in [0.1, 0.15) is 17.2 Å². The lowest BCUT2D eigenvalue weighted by Crippen LogP contribution is -2.64. The summed E-state index contributed by atoms with van der Waals surface area (Å²) in [6.45, 7) is 0.267. The second-order valence-electron chi connectivity index (χ2n) is 5.31. The van der Waals surface area contributed by atoms with Gasteiger partial charge in [-0.15, -0.1) is 0 Å². The number of alkyl halides is 2. The smallest absolute Gasteiger partial charge is 0.256 e. The average molecular weight is 289 g/mol. The molecule has 1 aliphatic heterocycles. The molecule has 2 aromatic rings. The second kappa shape index (κ2) is 5.92. The fourth-order valence-corrected chi connectivity index (χ4v) is 2.97. The van der Waals surface area contributed by atoms with Gasteiger partial charge in [-0.1, -0.05) is 60.7 Å². The predicted octanol–water partition coefficient (Wildman–Crippen LogP) is 3.09. The number of hydrogen-bond donors (Lipinski definition) is 1. The van der Waals surface area contributed by atoms with Crippen LogP contribution in [-0.2, 0) is 0 Å². The van der Waals surface area contributed by atoms with Crippen molar-refractivity contribution in [2.24, 2.45) is 0 Å². The van der Waals surface area contributed by atoms with Crippen LogP contribution in [0.4, 0.5) is 8.78 Å². The van der Waals surface area contributed by atoms with Gasteiger partial charge in [-0.2, -0.15) is 0 Å². The van der Waals surface area contributed by atoms with E-state index in [0.29, 0.717) is 0 Å². The molecule has 1 N–H and O–H groups in total. The number of aliphatic hydroxyl groups excluding tert-OH is 1. The first-order valence-electron chi connectivity index (χ1n) is 7.00. The molecule has 110 valence electrons. The van der Waals surface area contributed by atoms with Crippen LogP contribution >= 0.6 is 0 Å². The molecule has 2 atom stereocenters. The van der Waals surface area contributed by atoms with Crippen molar-refractivity contribution in [3.8, 4) is 0 Å². The normalized spacial score (nSPS) is 22.5. The van der Waals surface area contributed by atoms with Crippen LogP contribution in [0.3, 0.4) is 0 Å². The predicted molar refractivity (Wildman–Crippen MR) is 77.2 cm³/mol. The number of rotatable bonds is 4. The Bertz CT molecular complexity index is 532. The van der Waals surface area contributed by atoms with E-state index in [0.717, 1.165) is 11.1 Å². The molecule has 3 rings (SSSR count). The molecule has 1 aliphatic rings. The minimum atomic E-state index is -2.55. The highest BCUT2D eigenvalue weighted by atomic mass is 19.3.